The van der Waals surface area contributed by atoms with Crippen molar-refractivity contribution in [2.75, 3.05) is 0 Å². The molecule has 100 valence electrons. The van der Waals surface area contributed by atoms with E-state index in [0.29, 0.717) is 4.90 Å². The summed E-state index contributed by atoms with van der Waals surface area (Å²) in [4.78, 5) is 1.65. The van der Waals surface area contributed by atoms with Crippen LogP contribution in [-0.2, 0) is 7.05 Å². The monoisotopic (exact) mass is 284 g/mol. The number of benzene rings is 2. The van der Waals surface area contributed by atoms with Crippen LogP contribution in [0.3, 0.4) is 0 Å². The first-order chi connectivity index (χ1) is 9.74. The second-order valence-corrected chi connectivity index (χ2v) is 5.51. The molecule has 20 heavy (non-hydrogen) atoms. The lowest BCUT2D eigenvalue weighted by molar-refractivity contribution is 0.602. The summed E-state index contributed by atoms with van der Waals surface area (Å²) in [6.07, 6.45) is 1.78. The zero-order chi connectivity index (χ0) is 13.9. The molecule has 3 rings (SSSR count). The molecule has 0 atom stereocenters. The van der Waals surface area contributed by atoms with Gasteiger partial charge in [0.2, 0.25) is 0 Å². The predicted octanol–water partition coefficient (Wildman–Crippen LogP) is 4.38. The maximum atomic E-state index is 13.6. The van der Waals surface area contributed by atoms with Crippen LogP contribution < -0.4 is 0 Å². The molecule has 0 saturated heterocycles. The number of hydrogen-bond acceptors (Lipinski definition) is 2. The number of hydrogen-bond donors (Lipinski definition) is 0. The van der Waals surface area contributed by atoms with E-state index in [4.69, 9.17) is 0 Å². The van der Waals surface area contributed by atoms with Crippen molar-refractivity contribution in [1.29, 1.82) is 0 Å². The fraction of sp³-hybridized carbons (Fsp3) is 0.0625. The third kappa shape index (κ3) is 2.60. The summed E-state index contributed by atoms with van der Waals surface area (Å²) in [5.41, 5.74) is 2.16. The number of nitrogens with zero attached hydrogens (tertiary/aromatic N) is 2. The molecule has 1 heterocycles. The zero-order valence-electron chi connectivity index (χ0n) is 11.0. The molecule has 0 fully saturated rings. The van der Waals surface area contributed by atoms with Crippen LogP contribution in [0.25, 0.3) is 11.3 Å². The fourth-order valence-corrected chi connectivity index (χ4v) is 2.84. The maximum Gasteiger partial charge on any atom is 0.137 e. The van der Waals surface area contributed by atoms with E-state index in [-0.39, 0.29) is 5.82 Å². The number of rotatable bonds is 3. The third-order valence-electron chi connectivity index (χ3n) is 3.04. The molecule has 0 unspecified atom stereocenters. The van der Waals surface area contributed by atoms with Gasteiger partial charge in [-0.05, 0) is 35.9 Å². The summed E-state index contributed by atoms with van der Waals surface area (Å²) in [5, 5.41) is 4.16. The molecule has 0 aliphatic rings. The van der Waals surface area contributed by atoms with Gasteiger partial charge >= 0.3 is 0 Å². The molecule has 0 bridgehead atoms. The first-order valence-electron chi connectivity index (χ1n) is 6.25. The first-order valence-corrected chi connectivity index (χ1v) is 7.06. The minimum absolute atomic E-state index is 0.187. The van der Waals surface area contributed by atoms with Crippen LogP contribution in [0.4, 0.5) is 4.39 Å². The Bertz CT molecular complexity index is 719. The Labute approximate surface area is 121 Å². The van der Waals surface area contributed by atoms with Gasteiger partial charge in [-0.2, -0.15) is 5.10 Å². The minimum Gasteiger partial charge on any atom is -0.268 e. The van der Waals surface area contributed by atoms with Gasteiger partial charge in [0.15, 0.2) is 0 Å². The average molecular weight is 284 g/mol. The van der Waals surface area contributed by atoms with Gasteiger partial charge in [-0.25, -0.2) is 4.39 Å². The highest BCUT2D eigenvalue weighted by Crippen LogP contribution is 2.31. The summed E-state index contributed by atoms with van der Waals surface area (Å²) >= 11 is 1.43. The van der Waals surface area contributed by atoms with Gasteiger partial charge in [0, 0.05) is 23.0 Å². The van der Waals surface area contributed by atoms with Crippen molar-refractivity contribution < 1.29 is 4.39 Å². The van der Waals surface area contributed by atoms with Gasteiger partial charge in [-0.3, -0.25) is 4.68 Å². The van der Waals surface area contributed by atoms with E-state index < -0.39 is 0 Å². The third-order valence-corrected chi connectivity index (χ3v) is 4.09. The molecule has 0 saturated carbocycles. The number of halogens is 1. The molecular formula is C16H13FN2S. The Morgan fingerprint density at radius 2 is 1.75 bits per heavy atom. The van der Waals surface area contributed by atoms with Crippen LogP contribution >= 0.6 is 11.8 Å². The van der Waals surface area contributed by atoms with Crippen LogP contribution in [0.15, 0.2) is 70.6 Å². The molecule has 3 aromatic rings. The standard InChI is InChI=1S/C16H13FN2S/c1-19-15(10-11-18-19)12-6-8-13(9-7-12)20-16-5-3-2-4-14(16)17/h2-11H,1H3. The Morgan fingerprint density at radius 1 is 1.00 bits per heavy atom. The van der Waals surface area contributed by atoms with Crippen molar-refractivity contribution in [3.63, 3.8) is 0 Å². The van der Waals surface area contributed by atoms with Gasteiger partial charge < -0.3 is 0 Å². The molecule has 0 N–H and O–H groups in total. The lowest BCUT2D eigenvalue weighted by atomic mass is 10.1. The maximum absolute atomic E-state index is 13.6. The van der Waals surface area contributed by atoms with E-state index in [2.05, 4.69) is 5.10 Å². The Hall–Kier alpha value is -2.07. The Morgan fingerprint density at radius 3 is 2.40 bits per heavy atom. The van der Waals surface area contributed by atoms with E-state index in [9.17, 15) is 4.39 Å². The molecule has 1 aromatic heterocycles. The Kier molecular flexibility index (Phi) is 3.56. The number of aromatic nitrogens is 2. The van der Waals surface area contributed by atoms with Gasteiger partial charge in [-0.1, -0.05) is 36.0 Å². The quantitative estimate of drug-likeness (QED) is 0.710. The highest BCUT2D eigenvalue weighted by Gasteiger charge is 2.05. The minimum atomic E-state index is -0.187. The Balaban J connectivity index is 1.84. The van der Waals surface area contributed by atoms with Crippen molar-refractivity contribution in [3.8, 4) is 11.3 Å². The summed E-state index contributed by atoms with van der Waals surface area (Å²) in [6, 6.07) is 16.8. The van der Waals surface area contributed by atoms with Gasteiger partial charge in [0.25, 0.3) is 0 Å². The molecular weight excluding hydrogens is 271 g/mol. The molecule has 2 nitrogen and oxygen atoms in total. The molecule has 4 heteroatoms. The van der Waals surface area contributed by atoms with Crippen LogP contribution in [0.2, 0.25) is 0 Å². The van der Waals surface area contributed by atoms with Crippen molar-refractivity contribution in [2.45, 2.75) is 9.79 Å². The van der Waals surface area contributed by atoms with E-state index in [1.807, 2.05) is 48.1 Å². The fourth-order valence-electron chi connectivity index (χ4n) is 2.01. The van der Waals surface area contributed by atoms with Crippen LogP contribution in [-0.4, -0.2) is 9.78 Å². The summed E-state index contributed by atoms with van der Waals surface area (Å²) in [5.74, 6) is -0.187. The smallest absolute Gasteiger partial charge is 0.137 e. The molecule has 0 radical (unpaired) electrons. The van der Waals surface area contributed by atoms with Gasteiger partial charge in [0.1, 0.15) is 5.82 Å². The van der Waals surface area contributed by atoms with Gasteiger partial charge in [-0.15, -0.1) is 0 Å². The van der Waals surface area contributed by atoms with E-state index in [1.54, 1.807) is 18.3 Å². The normalized spacial score (nSPS) is 10.7. The molecule has 0 aliphatic carbocycles. The van der Waals surface area contributed by atoms with Gasteiger partial charge in [0.05, 0.1) is 5.69 Å². The van der Waals surface area contributed by atoms with Crippen molar-refractivity contribution in [3.05, 3.63) is 66.6 Å². The average Bonchev–Trinajstić information content (AvgIpc) is 2.89. The highest BCUT2D eigenvalue weighted by molar-refractivity contribution is 7.99. The predicted molar refractivity (Wildman–Crippen MR) is 79.2 cm³/mol. The SMILES string of the molecule is Cn1nccc1-c1ccc(Sc2ccccc2F)cc1. The topological polar surface area (TPSA) is 17.8 Å². The largest absolute Gasteiger partial charge is 0.268 e. The number of aryl methyl sites for hydroxylation is 1. The first kappa shape index (κ1) is 12.9. The second-order valence-electron chi connectivity index (χ2n) is 4.40. The molecule has 0 amide bonds. The van der Waals surface area contributed by atoms with Crippen molar-refractivity contribution in [1.82, 2.24) is 9.78 Å². The zero-order valence-corrected chi connectivity index (χ0v) is 11.8. The molecule has 0 aliphatic heterocycles. The second kappa shape index (κ2) is 5.51. The summed E-state index contributed by atoms with van der Waals surface area (Å²) < 4.78 is 15.4. The lowest BCUT2D eigenvalue weighted by Gasteiger charge is -2.05. The van der Waals surface area contributed by atoms with E-state index >= 15 is 0 Å². The van der Waals surface area contributed by atoms with E-state index in [1.165, 1.54) is 17.8 Å². The van der Waals surface area contributed by atoms with Crippen LogP contribution in [0.5, 0.6) is 0 Å². The summed E-state index contributed by atoms with van der Waals surface area (Å²) in [7, 11) is 1.91. The van der Waals surface area contributed by atoms with Crippen LogP contribution in [0, 0.1) is 5.82 Å². The summed E-state index contributed by atoms with van der Waals surface area (Å²) in [6.45, 7) is 0. The molecule has 0 spiro atoms. The van der Waals surface area contributed by atoms with E-state index in [0.717, 1.165) is 16.2 Å². The lowest BCUT2D eigenvalue weighted by Crippen LogP contribution is -1.92. The molecule has 2 aromatic carbocycles. The van der Waals surface area contributed by atoms with Crippen molar-refractivity contribution in [2.24, 2.45) is 7.05 Å². The van der Waals surface area contributed by atoms with Crippen LogP contribution in [0.1, 0.15) is 0 Å². The van der Waals surface area contributed by atoms with Crippen molar-refractivity contribution >= 4 is 11.8 Å². The highest BCUT2D eigenvalue weighted by atomic mass is 32.2.